The van der Waals surface area contributed by atoms with Crippen LogP contribution in [-0.4, -0.2) is 33.6 Å². The van der Waals surface area contributed by atoms with E-state index in [-0.39, 0.29) is 16.8 Å². The number of aryl methyl sites for hydroxylation is 1. The number of carbonyl (C=O) groups is 3. The van der Waals surface area contributed by atoms with E-state index in [9.17, 15) is 28.9 Å². The van der Waals surface area contributed by atoms with Crippen molar-refractivity contribution >= 4 is 45.0 Å². The number of β-lactam (4-membered cyclic amide) rings is 1. The van der Waals surface area contributed by atoms with Gasteiger partial charge in [-0.3, -0.25) is 29.4 Å². The van der Waals surface area contributed by atoms with E-state index < -0.39 is 46.2 Å². The second-order valence-corrected chi connectivity index (χ2v) is 8.94. The predicted molar refractivity (Wildman–Crippen MR) is 123 cm³/mol. The third kappa shape index (κ3) is 3.13. The third-order valence-electron chi connectivity index (χ3n) is 6.09. The molecule has 2 heterocycles. The summed E-state index contributed by atoms with van der Waals surface area (Å²) in [7, 11) is 0. The summed E-state index contributed by atoms with van der Waals surface area (Å²) in [6.07, 6.45) is 0. The van der Waals surface area contributed by atoms with Gasteiger partial charge in [-0.1, -0.05) is 40.2 Å². The zero-order valence-electron chi connectivity index (χ0n) is 17.6. The Kier molecular flexibility index (Phi) is 5.05. The minimum Gasteiger partial charge on any atom is -0.300 e. The lowest BCUT2D eigenvalue weighted by Crippen LogP contribution is -2.67. The van der Waals surface area contributed by atoms with Crippen molar-refractivity contribution in [1.29, 1.82) is 0 Å². The SMILES string of the molecule is Cc1ccc(N2C(=O)[C@H](N3C(=O)c4cccc([N+](=O)[O-])c4C3=O)[C@H]2c2cccc(Br)c2)cc1F. The van der Waals surface area contributed by atoms with Gasteiger partial charge in [-0.05, 0) is 48.4 Å². The lowest BCUT2D eigenvalue weighted by atomic mass is 9.86. The van der Waals surface area contributed by atoms with Gasteiger partial charge in [0.25, 0.3) is 23.4 Å². The molecule has 2 atom stereocenters. The number of nitro benzene ring substituents is 1. The number of amides is 3. The Morgan fingerprint density at radius 2 is 1.68 bits per heavy atom. The van der Waals surface area contributed by atoms with Gasteiger partial charge in [-0.2, -0.15) is 0 Å². The molecule has 3 amide bonds. The van der Waals surface area contributed by atoms with Crippen LogP contribution in [0.25, 0.3) is 0 Å². The molecule has 1 saturated heterocycles. The smallest absolute Gasteiger partial charge is 0.282 e. The molecule has 170 valence electrons. The highest BCUT2D eigenvalue weighted by Crippen LogP contribution is 2.45. The van der Waals surface area contributed by atoms with Crippen molar-refractivity contribution in [2.75, 3.05) is 4.90 Å². The van der Waals surface area contributed by atoms with Crippen LogP contribution in [0.15, 0.2) is 65.1 Å². The van der Waals surface area contributed by atoms with Gasteiger partial charge in [0.15, 0.2) is 0 Å². The van der Waals surface area contributed by atoms with E-state index in [0.717, 1.165) is 11.0 Å². The van der Waals surface area contributed by atoms with E-state index >= 15 is 0 Å². The number of nitro groups is 1. The second-order valence-electron chi connectivity index (χ2n) is 8.02. The number of carbonyl (C=O) groups excluding carboxylic acids is 3. The van der Waals surface area contributed by atoms with Crippen LogP contribution >= 0.6 is 15.9 Å². The molecular formula is C24H15BrFN3O5. The summed E-state index contributed by atoms with van der Waals surface area (Å²) >= 11 is 3.39. The molecule has 3 aromatic rings. The van der Waals surface area contributed by atoms with Gasteiger partial charge in [0.2, 0.25) is 0 Å². The maximum Gasteiger partial charge on any atom is 0.282 e. The number of halogens is 2. The number of hydrogen-bond donors (Lipinski definition) is 0. The molecule has 0 bridgehead atoms. The summed E-state index contributed by atoms with van der Waals surface area (Å²) in [4.78, 5) is 52.7. The monoisotopic (exact) mass is 523 g/mol. The fourth-order valence-electron chi connectivity index (χ4n) is 4.46. The van der Waals surface area contributed by atoms with Gasteiger partial charge in [0, 0.05) is 16.2 Å². The molecule has 3 aromatic carbocycles. The van der Waals surface area contributed by atoms with Gasteiger partial charge in [0.1, 0.15) is 17.4 Å². The zero-order chi connectivity index (χ0) is 24.3. The maximum atomic E-state index is 14.3. The second kappa shape index (κ2) is 7.84. The largest absolute Gasteiger partial charge is 0.300 e. The first-order valence-corrected chi connectivity index (χ1v) is 11.0. The lowest BCUT2D eigenvalue weighted by molar-refractivity contribution is -0.385. The minimum absolute atomic E-state index is 0.125. The molecule has 1 fully saturated rings. The molecule has 2 aliphatic heterocycles. The molecule has 0 unspecified atom stereocenters. The van der Waals surface area contributed by atoms with Gasteiger partial charge in [0.05, 0.1) is 16.5 Å². The highest BCUT2D eigenvalue weighted by Gasteiger charge is 2.58. The van der Waals surface area contributed by atoms with Gasteiger partial charge >= 0.3 is 0 Å². The standard InChI is InChI=1S/C24H15BrFN3O5/c1-12-8-9-15(11-17(12)26)27-20(13-4-2-5-14(25)10-13)21(24(27)32)28-22(30)16-6-3-7-18(29(33)34)19(16)23(28)31/h2-11,20-21H,1H3/t20-,21-/m1/s1. The van der Waals surface area contributed by atoms with Crippen LogP contribution in [0.4, 0.5) is 15.8 Å². The molecule has 8 nitrogen and oxygen atoms in total. The number of hydrogen-bond acceptors (Lipinski definition) is 5. The number of imide groups is 1. The molecule has 0 N–H and O–H groups in total. The maximum absolute atomic E-state index is 14.3. The van der Waals surface area contributed by atoms with Crippen molar-refractivity contribution in [3.05, 3.63) is 103 Å². The Labute approximate surface area is 200 Å². The fraction of sp³-hybridized carbons (Fsp3) is 0.125. The first-order valence-electron chi connectivity index (χ1n) is 10.2. The quantitative estimate of drug-likeness (QED) is 0.216. The lowest BCUT2D eigenvalue weighted by Gasteiger charge is -2.49. The molecule has 10 heteroatoms. The molecule has 0 aliphatic carbocycles. The molecule has 5 rings (SSSR count). The first-order chi connectivity index (χ1) is 16.2. The molecule has 2 aliphatic rings. The van der Waals surface area contributed by atoms with Crippen LogP contribution in [0.1, 0.15) is 37.9 Å². The summed E-state index contributed by atoms with van der Waals surface area (Å²) in [6, 6.07) is 13.1. The van der Waals surface area contributed by atoms with Crippen molar-refractivity contribution < 1.29 is 23.7 Å². The predicted octanol–water partition coefficient (Wildman–Crippen LogP) is 4.56. The molecule has 34 heavy (non-hydrogen) atoms. The van der Waals surface area contributed by atoms with Gasteiger partial charge < -0.3 is 4.90 Å². The number of benzene rings is 3. The molecular weight excluding hydrogens is 509 g/mol. The van der Waals surface area contributed by atoms with E-state index in [1.54, 1.807) is 37.3 Å². The van der Waals surface area contributed by atoms with E-state index in [0.29, 0.717) is 15.6 Å². The number of rotatable bonds is 4. The zero-order valence-corrected chi connectivity index (χ0v) is 19.2. The summed E-state index contributed by atoms with van der Waals surface area (Å²) in [6.45, 7) is 1.59. The van der Waals surface area contributed by atoms with Gasteiger partial charge in [-0.25, -0.2) is 4.39 Å². The van der Waals surface area contributed by atoms with Crippen LogP contribution in [-0.2, 0) is 4.79 Å². The van der Waals surface area contributed by atoms with Crippen molar-refractivity contribution in [2.24, 2.45) is 0 Å². The normalized spacial score (nSPS) is 19.3. The average molecular weight is 524 g/mol. The number of anilines is 1. The summed E-state index contributed by atoms with van der Waals surface area (Å²) in [5, 5.41) is 11.5. The highest BCUT2D eigenvalue weighted by molar-refractivity contribution is 9.10. The molecule has 0 radical (unpaired) electrons. The Morgan fingerprint density at radius 1 is 0.941 bits per heavy atom. The Morgan fingerprint density at radius 3 is 2.35 bits per heavy atom. The molecule has 0 aromatic heterocycles. The van der Waals surface area contributed by atoms with Crippen LogP contribution in [0, 0.1) is 22.9 Å². The van der Waals surface area contributed by atoms with Crippen LogP contribution < -0.4 is 4.90 Å². The topological polar surface area (TPSA) is 101 Å². The van der Waals surface area contributed by atoms with Gasteiger partial charge in [-0.15, -0.1) is 0 Å². The minimum atomic E-state index is -1.24. The third-order valence-corrected chi connectivity index (χ3v) is 6.58. The van der Waals surface area contributed by atoms with Crippen molar-refractivity contribution in [1.82, 2.24) is 4.90 Å². The van der Waals surface area contributed by atoms with Crippen LogP contribution in [0.2, 0.25) is 0 Å². The summed E-state index contributed by atoms with van der Waals surface area (Å²) in [5.41, 5.74) is 0.322. The van der Waals surface area contributed by atoms with E-state index in [4.69, 9.17) is 0 Å². The van der Waals surface area contributed by atoms with Crippen molar-refractivity contribution in [3.8, 4) is 0 Å². The van der Waals surface area contributed by atoms with Crippen LogP contribution in [0.5, 0.6) is 0 Å². The fourth-order valence-corrected chi connectivity index (χ4v) is 4.87. The number of fused-ring (bicyclic) bond motifs is 1. The first kappa shape index (κ1) is 21.9. The van der Waals surface area contributed by atoms with E-state index in [1.165, 1.54) is 29.2 Å². The Balaban J connectivity index is 1.62. The molecule has 0 spiro atoms. The van der Waals surface area contributed by atoms with E-state index in [1.807, 2.05) is 0 Å². The Hall–Kier alpha value is -3.92. The van der Waals surface area contributed by atoms with Crippen molar-refractivity contribution in [3.63, 3.8) is 0 Å². The number of nitrogens with zero attached hydrogens (tertiary/aromatic N) is 3. The van der Waals surface area contributed by atoms with E-state index in [2.05, 4.69) is 15.9 Å². The summed E-state index contributed by atoms with van der Waals surface area (Å²) in [5.74, 6) is -2.78. The molecule has 0 saturated carbocycles. The van der Waals surface area contributed by atoms with Crippen molar-refractivity contribution in [2.45, 2.75) is 19.0 Å². The summed E-state index contributed by atoms with van der Waals surface area (Å²) < 4.78 is 15.0. The average Bonchev–Trinajstić information content (AvgIpc) is 3.05. The highest BCUT2D eigenvalue weighted by atomic mass is 79.9. The van der Waals surface area contributed by atoms with Crippen LogP contribution in [0.3, 0.4) is 0 Å². The Bertz CT molecular complexity index is 1430.